The van der Waals surface area contributed by atoms with E-state index in [-0.39, 0.29) is 6.61 Å². The standard InChI is InChI=1S/C11H13F3N2OS/c12-11(13,14)9-3-1-8(2-4-9)7-16-10(18)15-5-6-17/h1-4,17H,5-7H2,(H2,15,16,18). The van der Waals surface area contributed by atoms with E-state index in [0.717, 1.165) is 12.1 Å². The van der Waals surface area contributed by atoms with Crippen LogP contribution < -0.4 is 10.6 Å². The monoisotopic (exact) mass is 278 g/mol. The van der Waals surface area contributed by atoms with E-state index in [1.54, 1.807) is 0 Å². The van der Waals surface area contributed by atoms with Crippen LogP contribution >= 0.6 is 12.2 Å². The first-order valence-electron chi connectivity index (χ1n) is 5.22. The highest BCUT2D eigenvalue weighted by molar-refractivity contribution is 7.80. The molecule has 1 aromatic rings. The van der Waals surface area contributed by atoms with Crippen LogP contribution in [0.2, 0.25) is 0 Å². The molecule has 3 N–H and O–H groups in total. The highest BCUT2D eigenvalue weighted by atomic mass is 32.1. The van der Waals surface area contributed by atoms with Gasteiger partial charge in [0.2, 0.25) is 0 Å². The van der Waals surface area contributed by atoms with Gasteiger partial charge in [0.05, 0.1) is 12.2 Å². The van der Waals surface area contributed by atoms with Crippen LogP contribution in [0.15, 0.2) is 24.3 Å². The summed E-state index contributed by atoms with van der Waals surface area (Å²) in [5.74, 6) is 0. The number of thiocarbonyl (C=S) groups is 1. The third-order valence-corrected chi connectivity index (χ3v) is 2.42. The van der Waals surface area contributed by atoms with E-state index in [0.29, 0.717) is 23.8 Å². The zero-order chi connectivity index (χ0) is 13.6. The van der Waals surface area contributed by atoms with Gasteiger partial charge in [-0.1, -0.05) is 12.1 Å². The molecule has 0 fully saturated rings. The maximum absolute atomic E-state index is 12.3. The van der Waals surface area contributed by atoms with E-state index >= 15 is 0 Å². The molecule has 0 heterocycles. The molecule has 18 heavy (non-hydrogen) atoms. The molecule has 100 valence electrons. The van der Waals surface area contributed by atoms with E-state index in [1.165, 1.54) is 12.1 Å². The van der Waals surface area contributed by atoms with Crippen molar-refractivity contribution in [1.82, 2.24) is 10.6 Å². The number of aliphatic hydroxyl groups is 1. The quantitative estimate of drug-likeness (QED) is 0.733. The van der Waals surface area contributed by atoms with Crippen molar-refractivity contribution in [3.8, 4) is 0 Å². The topological polar surface area (TPSA) is 44.3 Å². The fourth-order valence-electron chi connectivity index (χ4n) is 1.23. The second-order valence-electron chi connectivity index (χ2n) is 3.53. The molecule has 0 aliphatic heterocycles. The molecule has 0 aliphatic carbocycles. The molecule has 0 amide bonds. The maximum atomic E-state index is 12.3. The molecule has 7 heteroatoms. The Labute approximate surface area is 108 Å². The first kappa shape index (κ1) is 14.7. The van der Waals surface area contributed by atoms with Crippen LogP contribution in [0.1, 0.15) is 11.1 Å². The Hall–Kier alpha value is -1.34. The number of rotatable bonds is 4. The van der Waals surface area contributed by atoms with Gasteiger partial charge in [0.15, 0.2) is 5.11 Å². The van der Waals surface area contributed by atoms with Crippen molar-refractivity contribution in [2.24, 2.45) is 0 Å². The van der Waals surface area contributed by atoms with Crippen LogP contribution in [0.25, 0.3) is 0 Å². The molecular weight excluding hydrogens is 265 g/mol. The Balaban J connectivity index is 2.47. The van der Waals surface area contributed by atoms with Gasteiger partial charge in [0.1, 0.15) is 0 Å². The van der Waals surface area contributed by atoms with Gasteiger partial charge >= 0.3 is 6.18 Å². The lowest BCUT2D eigenvalue weighted by atomic mass is 10.1. The summed E-state index contributed by atoms with van der Waals surface area (Å²) in [5.41, 5.74) is 0.0170. The lowest BCUT2D eigenvalue weighted by Crippen LogP contribution is -2.36. The average molecular weight is 278 g/mol. The van der Waals surface area contributed by atoms with Gasteiger partial charge in [0, 0.05) is 13.1 Å². The summed E-state index contributed by atoms with van der Waals surface area (Å²) < 4.78 is 36.9. The number of halogens is 3. The van der Waals surface area contributed by atoms with Crippen LogP contribution in [0, 0.1) is 0 Å². The fraction of sp³-hybridized carbons (Fsp3) is 0.364. The molecule has 0 atom stereocenters. The van der Waals surface area contributed by atoms with Crippen molar-refractivity contribution in [2.75, 3.05) is 13.2 Å². The number of alkyl halides is 3. The summed E-state index contributed by atoms with van der Waals surface area (Å²) in [6.07, 6.45) is -4.32. The van der Waals surface area contributed by atoms with Crippen molar-refractivity contribution in [3.05, 3.63) is 35.4 Å². The zero-order valence-electron chi connectivity index (χ0n) is 9.42. The van der Waals surface area contributed by atoms with Crippen molar-refractivity contribution in [2.45, 2.75) is 12.7 Å². The molecule has 0 aromatic heterocycles. The Morgan fingerprint density at radius 2 is 1.78 bits per heavy atom. The summed E-state index contributed by atoms with van der Waals surface area (Å²) >= 11 is 4.89. The van der Waals surface area contributed by atoms with Gasteiger partial charge in [-0.05, 0) is 29.9 Å². The first-order valence-corrected chi connectivity index (χ1v) is 5.63. The highest BCUT2D eigenvalue weighted by Crippen LogP contribution is 2.28. The number of aliphatic hydroxyl groups excluding tert-OH is 1. The van der Waals surface area contributed by atoms with Crippen LogP contribution in [0.5, 0.6) is 0 Å². The molecule has 0 aliphatic rings. The highest BCUT2D eigenvalue weighted by Gasteiger charge is 2.29. The second-order valence-corrected chi connectivity index (χ2v) is 3.94. The third-order valence-electron chi connectivity index (χ3n) is 2.13. The van der Waals surface area contributed by atoms with E-state index in [2.05, 4.69) is 10.6 Å². The second kappa shape index (κ2) is 6.55. The molecule has 0 radical (unpaired) electrons. The van der Waals surface area contributed by atoms with E-state index in [4.69, 9.17) is 17.3 Å². The fourth-order valence-corrected chi connectivity index (χ4v) is 1.40. The van der Waals surface area contributed by atoms with Gasteiger partial charge in [0.25, 0.3) is 0 Å². The average Bonchev–Trinajstić information content (AvgIpc) is 2.33. The van der Waals surface area contributed by atoms with E-state index in [1.807, 2.05) is 0 Å². The van der Waals surface area contributed by atoms with Crippen molar-refractivity contribution >= 4 is 17.3 Å². The Bertz CT molecular complexity index is 392. The molecule has 0 unspecified atom stereocenters. The van der Waals surface area contributed by atoms with Gasteiger partial charge in [-0.2, -0.15) is 13.2 Å². The number of nitrogens with one attached hydrogen (secondary N) is 2. The third kappa shape index (κ3) is 4.89. The lowest BCUT2D eigenvalue weighted by molar-refractivity contribution is -0.137. The smallest absolute Gasteiger partial charge is 0.395 e. The molecule has 1 aromatic carbocycles. The predicted octanol–water partition coefficient (Wildman–Crippen LogP) is 1.66. The predicted molar refractivity (Wildman–Crippen MR) is 66.0 cm³/mol. The molecule has 0 bridgehead atoms. The molecule has 0 saturated heterocycles. The minimum Gasteiger partial charge on any atom is -0.395 e. The lowest BCUT2D eigenvalue weighted by Gasteiger charge is -2.10. The SMILES string of the molecule is OCCNC(=S)NCc1ccc(C(F)(F)F)cc1. The maximum Gasteiger partial charge on any atom is 0.416 e. The number of hydrogen-bond acceptors (Lipinski definition) is 2. The van der Waals surface area contributed by atoms with E-state index < -0.39 is 11.7 Å². The van der Waals surface area contributed by atoms with Gasteiger partial charge in [-0.15, -0.1) is 0 Å². The van der Waals surface area contributed by atoms with Gasteiger partial charge in [-0.25, -0.2) is 0 Å². The molecule has 1 rings (SSSR count). The van der Waals surface area contributed by atoms with Crippen LogP contribution in [0.3, 0.4) is 0 Å². The van der Waals surface area contributed by atoms with Crippen LogP contribution in [0.4, 0.5) is 13.2 Å². The largest absolute Gasteiger partial charge is 0.416 e. The molecular formula is C11H13F3N2OS. The van der Waals surface area contributed by atoms with Crippen LogP contribution in [-0.4, -0.2) is 23.4 Å². The minimum atomic E-state index is -4.32. The summed E-state index contributed by atoms with van der Waals surface area (Å²) in [7, 11) is 0. The van der Waals surface area contributed by atoms with Gasteiger partial charge in [-0.3, -0.25) is 0 Å². The molecule has 0 spiro atoms. The number of hydrogen-bond donors (Lipinski definition) is 3. The van der Waals surface area contributed by atoms with E-state index in [9.17, 15) is 13.2 Å². The summed E-state index contributed by atoms with van der Waals surface area (Å²) in [5, 5.41) is 14.5. The summed E-state index contributed by atoms with van der Waals surface area (Å²) in [6.45, 7) is 0.621. The van der Waals surface area contributed by atoms with Crippen molar-refractivity contribution < 1.29 is 18.3 Å². The Morgan fingerprint density at radius 1 is 1.17 bits per heavy atom. The molecule has 0 saturated carbocycles. The van der Waals surface area contributed by atoms with Crippen molar-refractivity contribution in [1.29, 1.82) is 0 Å². The first-order chi connectivity index (χ1) is 8.43. The summed E-state index contributed by atoms with van der Waals surface area (Å²) in [4.78, 5) is 0. The van der Waals surface area contributed by atoms with Crippen molar-refractivity contribution in [3.63, 3.8) is 0 Å². The summed E-state index contributed by atoms with van der Waals surface area (Å²) in [6, 6.07) is 4.84. The van der Waals surface area contributed by atoms with Crippen LogP contribution in [-0.2, 0) is 12.7 Å². The number of benzene rings is 1. The zero-order valence-corrected chi connectivity index (χ0v) is 10.2. The minimum absolute atomic E-state index is 0.0396. The van der Waals surface area contributed by atoms with Gasteiger partial charge < -0.3 is 15.7 Å². The normalized spacial score (nSPS) is 11.1. The Morgan fingerprint density at radius 3 is 2.28 bits per heavy atom. The Kier molecular flexibility index (Phi) is 5.36. The molecule has 3 nitrogen and oxygen atoms in total.